The van der Waals surface area contributed by atoms with Crippen LogP contribution in [0.1, 0.15) is 48.0 Å². The minimum Gasteiger partial charge on any atom is -0.288 e. The molecule has 0 radical (unpaired) electrons. The van der Waals surface area contributed by atoms with Crippen molar-refractivity contribution in [3.8, 4) is 0 Å². The van der Waals surface area contributed by atoms with E-state index < -0.39 is 0 Å². The summed E-state index contributed by atoms with van der Waals surface area (Å²) in [5, 5.41) is 1.93. The standard InChI is InChI=1S/C16H18OS/c1-4-16(2,3)13-9-7-12(8-10-13)15(17)14-6-5-11-18-14/h5-11H,4H2,1-3H3. The van der Waals surface area contributed by atoms with Crippen molar-refractivity contribution in [3.63, 3.8) is 0 Å². The number of carbonyl (C=O) groups is 1. The number of thiophene rings is 1. The number of rotatable bonds is 4. The molecule has 18 heavy (non-hydrogen) atoms. The van der Waals surface area contributed by atoms with Gasteiger partial charge in [-0.05, 0) is 28.8 Å². The highest BCUT2D eigenvalue weighted by Crippen LogP contribution is 2.27. The lowest BCUT2D eigenvalue weighted by atomic mass is 9.82. The van der Waals surface area contributed by atoms with Gasteiger partial charge in [0.2, 0.25) is 5.78 Å². The smallest absolute Gasteiger partial charge is 0.202 e. The van der Waals surface area contributed by atoms with E-state index in [2.05, 4.69) is 32.9 Å². The molecule has 0 amide bonds. The molecular formula is C16H18OS. The van der Waals surface area contributed by atoms with Crippen molar-refractivity contribution < 1.29 is 4.79 Å². The van der Waals surface area contributed by atoms with Crippen molar-refractivity contribution in [1.29, 1.82) is 0 Å². The molecule has 1 aromatic carbocycles. The zero-order valence-corrected chi connectivity index (χ0v) is 11.9. The average Bonchev–Trinajstić information content (AvgIpc) is 2.92. The molecule has 94 valence electrons. The molecule has 0 atom stereocenters. The van der Waals surface area contributed by atoms with E-state index in [1.54, 1.807) is 0 Å². The van der Waals surface area contributed by atoms with Gasteiger partial charge in [-0.15, -0.1) is 11.3 Å². The molecular weight excluding hydrogens is 240 g/mol. The average molecular weight is 258 g/mol. The molecule has 2 heteroatoms. The van der Waals surface area contributed by atoms with E-state index in [4.69, 9.17) is 0 Å². The lowest BCUT2D eigenvalue weighted by Gasteiger charge is -2.23. The van der Waals surface area contributed by atoms with Gasteiger partial charge in [-0.25, -0.2) is 0 Å². The number of hydrogen-bond donors (Lipinski definition) is 0. The van der Waals surface area contributed by atoms with Crippen molar-refractivity contribution >= 4 is 17.1 Å². The number of ketones is 1. The molecule has 0 aliphatic heterocycles. The first-order valence-electron chi connectivity index (χ1n) is 6.23. The van der Waals surface area contributed by atoms with Gasteiger partial charge in [0.1, 0.15) is 0 Å². The molecule has 2 aromatic rings. The van der Waals surface area contributed by atoms with Crippen molar-refractivity contribution in [2.24, 2.45) is 0 Å². The molecule has 0 aliphatic rings. The Morgan fingerprint density at radius 1 is 1.17 bits per heavy atom. The summed E-state index contributed by atoms with van der Waals surface area (Å²) in [4.78, 5) is 13.0. The van der Waals surface area contributed by atoms with Crippen LogP contribution in [0.15, 0.2) is 41.8 Å². The molecule has 0 unspecified atom stereocenters. The molecule has 2 rings (SSSR count). The Bertz CT molecular complexity index is 521. The predicted octanol–water partition coefficient (Wildman–Crippen LogP) is 4.67. The predicted molar refractivity (Wildman–Crippen MR) is 77.5 cm³/mol. The van der Waals surface area contributed by atoms with E-state index >= 15 is 0 Å². The summed E-state index contributed by atoms with van der Waals surface area (Å²) < 4.78 is 0. The van der Waals surface area contributed by atoms with Gasteiger partial charge >= 0.3 is 0 Å². The Balaban J connectivity index is 2.26. The maximum atomic E-state index is 12.1. The minimum absolute atomic E-state index is 0.117. The Kier molecular flexibility index (Phi) is 3.67. The van der Waals surface area contributed by atoms with E-state index in [0.717, 1.165) is 16.9 Å². The lowest BCUT2D eigenvalue weighted by molar-refractivity contribution is 0.104. The van der Waals surface area contributed by atoms with Gasteiger partial charge in [-0.1, -0.05) is 51.1 Å². The van der Waals surface area contributed by atoms with Crippen LogP contribution in [0.4, 0.5) is 0 Å². The highest BCUT2D eigenvalue weighted by atomic mass is 32.1. The summed E-state index contributed by atoms with van der Waals surface area (Å²) in [6.07, 6.45) is 1.09. The Labute approximate surface area is 112 Å². The first kappa shape index (κ1) is 13.0. The van der Waals surface area contributed by atoms with Crippen LogP contribution in [0.5, 0.6) is 0 Å². The zero-order valence-electron chi connectivity index (χ0n) is 11.1. The molecule has 0 saturated carbocycles. The van der Waals surface area contributed by atoms with E-state index in [-0.39, 0.29) is 11.2 Å². The maximum absolute atomic E-state index is 12.1. The van der Waals surface area contributed by atoms with Crippen LogP contribution in [-0.4, -0.2) is 5.78 Å². The third-order valence-corrected chi connectivity index (χ3v) is 4.43. The van der Waals surface area contributed by atoms with Gasteiger partial charge in [0.25, 0.3) is 0 Å². The molecule has 0 saturated heterocycles. The van der Waals surface area contributed by atoms with Crippen LogP contribution in [0.25, 0.3) is 0 Å². The SMILES string of the molecule is CCC(C)(C)c1ccc(C(=O)c2cccs2)cc1. The molecule has 1 aromatic heterocycles. The van der Waals surface area contributed by atoms with Gasteiger partial charge in [0.15, 0.2) is 0 Å². The van der Waals surface area contributed by atoms with Crippen LogP contribution >= 0.6 is 11.3 Å². The lowest BCUT2D eigenvalue weighted by Crippen LogP contribution is -2.15. The fourth-order valence-corrected chi connectivity index (χ4v) is 2.51. The third kappa shape index (κ3) is 2.54. The summed E-state index contributed by atoms with van der Waals surface area (Å²) in [5.74, 6) is 0.117. The Morgan fingerprint density at radius 2 is 1.83 bits per heavy atom. The second kappa shape index (κ2) is 5.07. The monoisotopic (exact) mass is 258 g/mol. The first-order valence-corrected chi connectivity index (χ1v) is 7.11. The van der Waals surface area contributed by atoms with E-state index in [1.807, 2.05) is 29.6 Å². The molecule has 1 heterocycles. The summed E-state index contributed by atoms with van der Waals surface area (Å²) in [5.41, 5.74) is 2.23. The fraction of sp³-hybridized carbons (Fsp3) is 0.312. The fourth-order valence-electron chi connectivity index (χ4n) is 1.83. The van der Waals surface area contributed by atoms with Crippen LogP contribution in [0.2, 0.25) is 0 Å². The van der Waals surface area contributed by atoms with Crippen molar-refractivity contribution in [3.05, 3.63) is 57.8 Å². The van der Waals surface area contributed by atoms with Crippen LogP contribution < -0.4 is 0 Å². The largest absolute Gasteiger partial charge is 0.288 e. The quantitative estimate of drug-likeness (QED) is 0.728. The molecule has 0 N–H and O–H groups in total. The number of carbonyl (C=O) groups excluding carboxylic acids is 1. The van der Waals surface area contributed by atoms with E-state index in [1.165, 1.54) is 16.9 Å². The highest BCUT2D eigenvalue weighted by Gasteiger charge is 2.18. The molecule has 0 spiro atoms. The molecule has 0 fully saturated rings. The summed E-state index contributed by atoms with van der Waals surface area (Å²) in [7, 11) is 0. The number of hydrogen-bond acceptors (Lipinski definition) is 2. The summed E-state index contributed by atoms with van der Waals surface area (Å²) in [6.45, 7) is 6.64. The van der Waals surface area contributed by atoms with Gasteiger partial charge in [0, 0.05) is 5.56 Å². The third-order valence-electron chi connectivity index (χ3n) is 3.56. The van der Waals surface area contributed by atoms with E-state index in [9.17, 15) is 4.79 Å². The topological polar surface area (TPSA) is 17.1 Å². The molecule has 0 bridgehead atoms. The highest BCUT2D eigenvalue weighted by molar-refractivity contribution is 7.12. The minimum atomic E-state index is 0.117. The van der Waals surface area contributed by atoms with Gasteiger partial charge < -0.3 is 0 Å². The second-order valence-corrected chi connectivity index (χ2v) is 6.07. The van der Waals surface area contributed by atoms with Gasteiger partial charge in [-0.2, -0.15) is 0 Å². The van der Waals surface area contributed by atoms with Gasteiger partial charge in [-0.3, -0.25) is 4.79 Å². The van der Waals surface area contributed by atoms with Crippen LogP contribution in [0, 0.1) is 0 Å². The zero-order chi connectivity index (χ0) is 13.2. The van der Waals surface area contributed by atoms with E-state index in [0.29, 0.717) is 0 Å². The maximum Gasteiger partial charge on any atom is 0.202 e. The van der Waals surface area contributed by atoms with Crippen molar-refractivity contribution in [2.45, 2.75) is 32.6 Å². The second-order valence-electron chi connectivity index (χ2n) is 5.12. The number of benzene rings is 1. The van der Waals surface area contributed by atoms with Crippen LogP contribution in [-0.2, 0) is 5.41 Å². The van der Waals surface area contributed by atoms with Gasteiger partial charge in [0.05, 0.1) is 4.88 Å². The Morgan fingerprint density at radius 3 is 2.33 bits per heavy atom. The normalized spacial score (nSPS) is 11.5. The summed E-state index contributed by atoms with van der Waals surface area (Å²) in [6, 6.07) is 11.8. The molecule has 1 nitrogen and oxygen atoms in total. The Hall–Kier alpha value is -1.41. The van der Waals surface area contributed by atoms with Crippen molar-refractivity contribution in [2.75, 3.05) is 0 Å². The van der Waals surface area contributed by atoms with Crippen LogP contribution in [0.3, 0.4) is 0 Å². The summed E-state index contributed by atoms with van der Waals surface area (Å²) >= 11 is 1.49. The van der Waals surface area contributed by atoms with Crippen molar-refractivity contribution in [1.82, 2.24) is 0 Å². The first-order chi connectivity index (χ1) is 8.54. The molecule has 0 aliphatic carbocycles.